The summed E-state index contributed by atoms with van der Waals surface area (Å²) in [7, 11) is 1.61. The molecular formula is C6H7N3O. The molecule has 1 amide bonds. The first-order chi connectivity index (χ1) is 4.66. The highest BCUT2D eigenvalue weighted by Crippen LogP contribution is 2.11. The Balaban J connectivity index is 2.97. The van der Waals surface area contributed by atoms with Crippen molar-refractivity contribution in [2.45, 2.75) is 0 Å². The van der Waals surface area contributed by atoms with Gasteiger partial charge in [-0.2, -0.15) is 5.26 Å². The monoisotopic (exact) mass is 137 g/mol. The Labute approximate surface area is 58.5 Å². The van der Waals surface area contributed by atoms with Gasteiger partial charge in [-0.1, -0.05) is 0 Å². The number of nitrogens with two attached hydrogens (primary N) is 1. The lowest BCUT2D eigenvalue weighted by molar-refractivity contribution is -0.124. The van der Waals surface area contributed by atoms with Gasteiger partial charge < -0.3 is 10.6 Å². The van der Waals surface area contributed by atoms with Crippen molar-refractivity contribution >= 4 is 5.91 Å². The Bertz CT molecular complexity index is 248. The summed E-state index contributed by atoms with van der Waals surface area (Å²) < 4.78 is 0. The summed E-state index contributed by atoms with van der Waals surface area (Å²) >= 11 is 0. The van der Waals surface area contributed by atoms with E-state index in [1.54, 1.807) is 7.05 Å². The summed E-state index contributed by atoms with van der Waals surface area (Å²) in [6, 6.07) is 1.87. The van der Waals surface area contributed by atoms with E-state index in [9.17, 15) is 4.79 Å². The van der Waals surface area contributed by atoms with E-state index in [0.29, 0.717) is 12.1 Å². The van der Waals surface area contributed by atoms with Crippen LogP contribution < -0.4 is 5.73 Å². The maximum absolute atomic E-state index is 10.9. The molecule has 0 aliphatic carbocycles. The second kappa shape index (κ2) is 2.03. The molecule has 0 aromatic heterocycles. The molecule has 0 unspecified atom stereocenters. The van der Waals surface area contributed by atoms with E-state index in [1.807, 2.05) is 6.07 Å². The van der Waals surface area contributed by atoms with E-state index in [0.717, 1.165) is 0 Å². The number of hydrogen-bond donors (Lipinski definition) is 1. The van der Waals surface area contributed by atoms with Gasteiger partial charge in [-0.3, -0.25) is 4.79 Å². The van der Waals surface area contributed by atoms with Crippen molar-refractivity contribution in [3.63, 3.8) is 0 Å². The molecule has 0 radical (unpaired) electrons. The van der Waals surface area contributed by atoms with E-state index >= 15 is 0 Å². The molecule has 0 aromatic rings. The lowest BCUT2D eigenvalue weighted by atomic mass is 10.3. The van der Waals surface area contributed by atoms with Gasteiger partial charge >= 0.3 is 0 Å². The fraction of sp³-hybridized carbons (Fsp3) is 0.333. The summed E-state index contributed by atoms with van der Waals surface area (Å²) in [6.07, 6.45) is 0. The van der Waals surface area contributed by atoms with Crippen LogP contribution in [0.5, 0.6) is 0 Å². The number of amides is 1. The smallest absolute Gasteiger partial charge is 0.270 e. The lowest BCUT2D eigenvalue weighted by Crippen LogP contribution is -2.23. The first kappa shape index (κ1) is 6.62. The molecule has 52 valence electrons. The fourth-order valence-electron chi connectivity index (χ4n) is 0.824. The number of carbonyl (C=O) groups is 1. The van der Waals surface area contributed by atoms with Gasteiger partial charge in [0.05, 0.1) is 18.2 Å². The lowest BCUT2D eigenvalue weighted by Gasteiger charge is -2.05. The molecule has 4 nitrogen and oxygen atoms in total. The van der Waals surface area contributed by atoms with Gasteiger partial charge in [-0.15, -0.1) is 0 Å². The largest absolute Gasteiger partial charge is 0.393 e. The normalized spacial score (nSPS) is 18.0. The molecule has 2 N–H and O–H groups in total. The van der Waals surface area contributed by atoms with Crippen molar-refractivity contribution < 1.29 is 4.79 Å². The molecule has 1 rings (SSSR count). The Kier molecular flexibility index (Phi) is 1.34. The molecule has 0 spiro atoms. The Morgan fingerprint density at radius 3 is 2.60 bits per heavy atom. The zero-order chi connectivity index (χ0) is 7.72. The second-order valence-corrected chi connectivity index (χ2v) is 2.17. The minimum atomic E-state index is -0.253. The summed E-state index contributed by atoms with van der Waals surface area (Å²) in [6.45, 7) is 0.348. The van der Waals surface area contributed by atoms with Crippen molar-refractivity contribution in [1.82, 2.24) is 4.90 Å². The van der Waals surface area contributed by atoms with Gasteiger partial charge in [-0.05, 0) is 0 Å². The Hall–Kier alpha value is -1.50. The molecule has 1 aliphatic rings. The molecule has 10 heavy (non-hydrogen) atoms. The molecule has 0 fully saturated rings. The maximum Gasteiger partial charge on any atom is 0.270 e. The molecule has 0 aromatic carbocycles. The molecule has 0 saturated carbocycles. The zero-order valence-electron chi connectivity index (χ0n) is 5.59. The first-order valence-electron chi connectivity index (χ1n) is 2.81. The van der Waals surface area contributed by atoms with Gasteiger partial charge in [0.2, 0.25) is 0 Å². The number of hydrogen-bond acceptors (Lipinski definition) is 3. The highest BCUT2D eigenvalue weighted by Gasteiger charge is 2.24. The van der Waals surface area contributed by atoms with Crippen LogP contribution in [0.3, 0.4) is 0 Å². The molecule has 0 atom stereocenters. The highest BCUT2D eigenvalue weighted by molar-refractivity contribution is 5.96. The highest BCUT2D eigenvalue weighted by atomic mass is 16.2. The van der Waals surface area contributed by atoms with E-state index in [1.165, 1.54) is 4.90 Å². The van der Waals surface area contributed by atoms with Crippen molar-refractivity contribution in [2.24, 2.45) is 5.73 Å². The van der Waals surface area contributed by atoms with Gasteiger partial charge in [0.25, 0.3) is 5.91 Å². The van der Waals surface area contributed by atoms with Crippen LogP contribution in [0, 0.1) is 11.3 Å². The van der Waals surface area contributed by atoms with Gasteiger partial charge in [0.15, 0.2) is 0 Å². The average Bonchev–Trinajstić information content (AvgIpc) is 2.17. The minimum absolute atomic E-state index is 0.0880. The van der Waals surface area contributed by atoms with Crippen LogP contribution in [0.2, 0.25) is 0 Å². The van der Waals surface area contributed by atoms with Gasteiger partial charge in [-0.25, -0.2) is 0 Å². The molecule has 1 aliphatic heterocycles. The number of nitriles is 1. The standard InChI is InChI=1S/C6H7N3O/c1-9-3-4(2-7)5(8)6(9)10/h3,8H2,1H3. The molecule has 0 saturated heterocycles. The molecule has 4 heteroatoms. The van der Waals surface area contributed by atoms with Crippen molar-refractivity contribution in [1.29, 1.82) is 5.26 Å². The maximum atomic E-state index is 10.9. The Morgan fingerprint density at radius 2 is 2.40 bits per heavy atom. The summed E-state index contributed by atoms with van der Waals surface area (Å²) in [5.41, 5.74) is 5.75. The van der Waals surface area contributed by atoms with Crippen LogP contribution in [0.1, 0.15) is 0 Å². The molecule has 0 bridgehead atoms. The fourth-order valence-corrected chi connectivity index (χ4v) is 0.824. The third kappa shape index (κ3) is 0.722. The average molecular weight is 137 g/mol. The van der Waals surface area contributed by atoms with Crippen LogP contribution in [-0.4, -0.2) is 24.4 Å². The Morgan fingerprint density at radius 1 is 1.80 bits per heavy atom. The predicted octanol–water partition coefficient (Wildman–Crippen LogP) is -0.805. The van der Waals surface area contributed by atoms with Crippen LogP contribution in [0.4, 0.5) is 0 Å². The third-order valence-electron chi connectivity index (χ3n) is 1.43. The molecule has 1 heterocycles. The summed E-state index contributed by atoms with van der Waals surface area (Å²) in [4.78, 5) is 12.3. The minimum Gasteiger partial charge on any atom is -0.393 e. The predicted molar refractivity (Wildman–Crippen MR) is 34.5 cm³/mol. The van der Waals surface area contributed by atoms with Crippen molar-refractivity contribution in [3.8, 4) is 6.07 Å². The summed E-state index contributed by atoms with van der Waals surface area (Å²) in [5.74, 6) is -0.253. The van der Waals surface area contributed by atoms with E-state index in [-0.39, 0.29) is 11.6 Å². The van der Waals surface area contributed by atoms with E-state index < -0.39 is 0 Å². The van der Waals surface area contributed by atoms with Crippen molar-refractivity contribution in [3.05, 3.63) is 11.3 Å². The second-order valence-electron chi connectivity index (χ2n) is 2.17. The van der Waals surface area contributed by atoms with Crippen LogP contribution in [-0.2, 0) is 4.79 Å². The quantitative estimate of drug-likeness (QED) is 0.475. The number of likely N-dealkylation sites (N-methyl/N-ethyl adjacent to an activating group) is 1. The van der Waals surface area contributed by atoms with E-state index in [4.69, 9.17) is 11.0 Å². The van der Waals surface area contributed by atoms with Crippen molar-refractivity contribution in [2.75, 3.05) is 13.6 Å². The number of nitrogens with zero attached hydrogens (tertiary/aromatic N) is 2. The molecular weight excluding hydrogens is 130 g/mol. The number of carbonyl (C=O) groups excluding carboxylic acids is 1. The zero-order valence-corrected chi connectivity index (χ0v) is 5.59. The van der Waals surface area contributed by atoms with Crippen LogP contribution >= 0.6 is 0 Å². The summed E-state index contributed by atoms with van der Waals surface area (Å²) in [5, 5.41) is 8.41. The van der Waals surface area contributed by atoms with Gasteiger partial charge in [0, 0.05) is 7.05 Å². The van der Waals surface area contributed by atoms with Crippen LogP contribution in [0.25, 0.3) is 0 Å². The third-order valence-corrected chi connectivity index (χ3v) is 1.43. The van der Waals surface area contributed by atoms with Gasteiger partial charge in [0.1, 0.15) is 5.70 Å². The first-order valence-corrected chi connectivity index (χ1v) is 2.81. The SMILES string of the molecule is CN1CC(C#N)=C(N)C1=O. The number of rotatable bonds is 0. The topological polar surface area (TPSA) is 70.1 Å². The van der Waals surface area contributed by atoms with E-state index in [2.05, 4.69) is 0 Å². The van der Waals surface area contributed by atoms with Crippen LogP contribution in [0.15, 0.2) is 11.3 Å².